The van der Waals surface area contributed by atoms with Crippen molar-refractivity contribution in [2.24, 2.45) is 0 Å². The maximum atomic E-state index is 11.6. The molecular formula is C9H12BNO3. The molecule has 0 atom stereocenters. The first kappa shape index (κ1) is 10.6. The highest BCUT2D eigenvalue weighted by molar-refractivity contribution is 6.17. The van der Waals surface area contributed by atoms with Crippen LogP contribution >= 0.6 is 0 Å². The molecule has 1 rings (SSSR count). The van der Waals surface area contributed by atoms with Gasteiger partial charge in [-0.25, -0.2) is 0 Å². The molecule has 4 nitrogen and oxygen atoms in total. The lowest BCUT2D eigenvalue weighted by Crippen LogP contribution is -2.22. The SMILES string of the molecule is CN(C)C(=O)c1ccccc1OBO. The van der Waals surface area contributed by atoms with E-state index in [2.05, 4.69) is 0 Å². The number of para-hydroxylation sites is 1. The quantitative estimate of drug-likeness (QED) is 0.688. The van der Waals surface area contributed by atoms with Gasteiger partial charge >= 0.3 is 7.69 Å². The summed E-state index contributed by atoms with van der Waals surface area (Å²) in [5.41, 5.74) is 0.451. The van der Waals surface area contributed by atoms with Gasteiger partial charge in [0.05, 0.1) is 5.56 Å². The predicted molar refractivity (Wildman–Crippen MR) is 54.5 cm³/mol. The van der Waals surface area contributed by atoms with Gasteiger partial charge in [-0.05, 0) is 12.1 Å². The molecule has 14 heavy (non-hydrogen) atoms. The minimum atomic E-state index is -0.433. The molecule has 0 aromatic heterocycles. The van der Waals surface area contributed by atoms with Crippen LogP contribution in [0.3, 0.4) is 0 Å². The highest BCUT2D eigenvalue weighted by Crippen LogP contribution is 2.18. The zero-order chi connectivity index (χ0) is 10.6. The van der Waals surface area contributed by atoms with Crippen LogP contribution in [-0.2, 0) is 0 Å². The molecule has 0 bridgehead atoms. The monoisotopic (exact) mass is 193 g/mol. The third-order valence-corrected chi connectivity index (χ3v) is 1.74. The van der Waals surface area contributed by atoms with Crippen molar-refractivity contribution in [3.8, 4) is 5.75 Å². The van der Waals surface area contributed by atoms with Gasteiger partial charge in [0.25, 0.3) is 5.91 Å². The third kappa shape index (κ3) is 2.26. The van der Waals surface area contributed by atoms with Crippen molar-refractivity contribution >= 4 is 13.6 Å². The molecule has 0 radical (unpaired) electrons. The van der Waals surface area contributed by atoms with E-state index in [9.17, 15) is 4.79 Å². The topological polar surface area (TPSA) is 49.8 Å². The summed E-state index contributed by atoms with van der Waals surface area (Å²) >= 11 is 0. The minimum absolute atomic E-state index is 0.144. The number of rotatable bonds is 3. The zero-order valence-corrected chi connectivity index (χ0v) is 8.23. The lowest BCUT2D eigenvalue weighted by atomic mass is 10.1. The lowest BCUT2D eigenvalue weighted by molar-refractivity contribution is 0.0825. The molecule has 0 aliphatic heterocycles. The van der Waals surface area contributed by atoms with Crippen LogP contribution in [-0.4, -0.2) is 37.6 Å². The first-order chi connectivity index (χ1) is 6.66. The molecular weight excluding hydrogens is 181 g/mol. The molecule has 1 aromatic rings. The van der Waals surface area contributed by atoms with Crippen LogP contribution in [0, 0.1) is 0 Å². The van der Waals surface area contributed by atoms with Gasteiger partial charge in [0.2, 0.25) is 0 Å². The molecule has 0 aliphatic rings. The van der Waals surface area contributed by atoms with Gasteiger partial charge in [-0.2, -0.15) is 0 Å². The Kier molecular flexibility index (Phi) is 3.53. The van der Waals surface area contributed by atoms with E-state index in [1.54, 1.807) is 38.4 Å². The summed E-state index contributed by atoms with van der Waals surface area (Å²) in [4.78, 5) is 13.1. The van der Waals surface area contributed by atoms with Crippen LogP contribution in [0.5, 0.6) is 5.75 Å². The van der Waals surface area contributed by atoms with Crippen molar-refractivity contribution in [2.45, 2.75) is 0 Å². The lowest BCUT2D eigenvalue weighted by Gasteiger charge is -2.13. The minimum Gasteiger partial charge on any atom is -0.538 e. The molecule has 1 amide bonds. The van der Waals surface area contributed by atoms with Crippen LogP contribution < -0.4 is 4.65 Å². The molecule has 0 saturated carbocycles. The van der Waals surface area contributed by atoms with Gasteiger partial charge in [0.1, 0.15) is 5.75 Å². The molecule has 74 valence electrons. The highest BCUT2D eigenvalue weighted by Gasteiger charge is 2.13. The van der Waals surface area contributed by atoms with E-state index in [4.69, 9.17) is 9.68 Å². The molecule has 0 fully saturated rings. The number of hydrogen-bond acceptors (Lipinski definition) is 3. The largest absolute Gasteiger partial charge is 0.538 e. The van der Waals surface area contributed by atoms with Gasteiger partial charge in [-0.1, -0.05) is 12.1 Å². The average Bonchev–Trinajstić information content (AvgIpc) is 2.18. The van der Waals surface area contributed by atoms with Crippen molar-refractivity contribution in [1.82, 2.24) is 4.90 Å². The van der Waals surface area contributed by atoms with Gasteiger partial charge in [-0.15, -0.1) is 0 Å². The number of carbonyl (C=O) groups is 1. The van der Waals surface area contributed by atoms with Gasteiger partial charge in [0.15, 0.2) is 0 Å². The second kappa shape index (κ2) is 4.67. The normalized spacial score (nSPS) is 9.36. The van der Waals surface area contributed by atoms with Gasteiger partial charge < -0.3 is 14.6 Å². The zero-order valence-electron chi connectivity index (χ0n) is 8.23. The maximum absolute atomic E-state index is 11.6. The highest BCUT2D eigenvalue weighted by atomic mass is 16.5. The van der Waals surface area contributed by atoms with E-state index in [1.165, 1.54) is 4.90 Å². The van der Waals surface area contributed by atoms with Crippen LogP contribution in [0.1, 0.15) is 10.4 Å². The van der Waals surface area contributed by atoms with E-state index in [0.717, 1.165) is 0 Å². The molecule has 5 heteroatoms. The predicted octanol–water partition coefficient (Wildman–Crippen LogP) is 0.0260. The molecule has 0 spiro atoms. The molecule has 1 aromatic carbocycles. The fourth-order valence-electron chi connectivity index (χ4n) is 1.08. The van der Waals surface area contributed by atoms with Crippen LogP contribution in [0.2, 0.25) is 0 Å². The second-order valence-corrected chi connectivity index (χ2v) is 2.97. The van der Waals surface area contributed by atoms with Crippen molar-refractivity contribution in [3.05, 3.63) is 29.8 Å². The molecule has 0 saturated heterocycles. The fraction of sp³-hybridized carbons (Fsp3) is 0.222. The summed E-state index contributed by atoms with van der Waals surface area (Å²) in [6.45, 7) is 0. The Hall–Kier alpha value is -1.49. The second-order valence-electron chi connectivity index (χ2n) is 2.97. The van der Waals surface area contributed by atoms with E-state index in [0.29, 0.717) is 11.3 Å². The Labute approximate surface area is 83.4 Å². The van der Waals surface area contributed by atoms with Crippen LogP contribution in [0.25, 0.3) is 0 Å². The summed E-state index contributed by atoms with van der Waals surface area (Å²) in [6.07, 6.45) is 0. The van der Waals surface area contributed by atoms with E-state index in [1.807, 2.05) is 0 Å². The molecule has 1 N–H and O–H groups in total. The first-order valence-corrected chi connectivity index (χ1v) is 4.21. The molecule has 0 unspecified atom stereocenters. The average molecular weight is 193 g/mol. The van der Waals surface area contributed by atoms with Crippen molar-refractivity contribution in [1.29, 1.82) is 0 Å². The standard InChI is InChI=1S/C9H12BNO3/c1-11(2)9(12)7-5-3-4-6-8(7)14-10-13/h3-6,10,13H,1-2H3. The fourth-order valence-corrected chi connectivity index (χ4v) is 1.08. The summed E-state index contributed by atoms with van der Waals surface area (Å²) in [5, 5.41) is 8.62. The van der Waals surface area contributed by atoms with Gasteiger partial charge in [0, 0.05) is 14.1 Å². The Morgan fingerprint density at radius 2 is 2.07 bits per heavy atom. The summed E-state index contributed by atoms with van der Waals surface area (Å²) in [5.74, 6) is 0.253. The van der Waals surface area contributed by atoms with E-state index in [-0.39, 0.29) is 5.91 Å². The summed E-state index contributed by atoms with van der Waals surface area (Å²) in [7, 11) is 2.90. The van der Waals surface area contributed by atoms with E-state index >= 15 is 0 Å². The number of benzene rings is 1. The van der Waals surface area contributed by atoms with Crippen LogP contribution in [0.4, 0.5) is 0 Å². The Bertz CT molecular complexity index is 328. The number of carbonyl (C=O) groups excluding carboxylic acids is 1. The molecule has 0 heterocycles. The smallest absolute Gasteiger partial charge is 0.504 e. The number of amides is 1. The Morgan fingerprint density at radius 1 is 1.43 bits per heavy atom. The Balaban J connectivity index is 3.00. The molecule has 0 aliphatic carbocycles. The number of nitrogens with zero attached hydrogens (tertiary/aromatic N) is 1. The summed E-state index contributed by atoms with van der Waals surface area (Å²) < 4.78 is 4.92. The van der Waals surface area contributed by atoms with Crippen molar-refractivity contribution < 1.29 is 14.5 Å². The summed E-state index contributed by atoms with van der Waals surface area (Å²) in [6, 6.07) is 6.80. The van der Waals surface area contributed by atoms with Crippen molar-refractivity contribution in [2.75, 3.05) is 14.1 Å². The van der Waals surface area contributed by atoms with Crippen LogP contribution in [0.15, 0.2) is 24.3 Å². The van der Waals surface area contributed by atoms with Crippen molar-refractivity contribution in [3.63, 3.8) is 0 Å². The van der Waals surface area contributed by atoms with Gasteiger partial charge in [-0.3, -0.25) is 4.79 Å². The third-order valence-electron chi connectivity index (χ3n) is 1.74. The Morgan fingerprint density at radius 3 is 2.64 bits per heavy atom. The maximum Gasteiger partial charge on any atom is 0.504 e. The number of hydrogen-bond donors (Lipinski definition) is 1. The van der Waals surface area contributed by atoms with E-state index < -0.39 is 7.69 Å². The first-order valence-electron chi connectivity index (χ1n) is 4.21.